The van der Waals surface area contributed by atoms with E-state index in [9.17, 15) is 4.79 Å². The van der Waals surface area contributed by atoms with E-state index in [1.54, 1.807) is 17.2 Å². The van der Waals surface area contributed by atoms with Gasteiger partial charge in [-0.2, -0.15) is 5.10 Å². The van der Waals surface area contributed by atoms with Gasteiger partial charge in [0.05, 0.1) is 6.54 Å². The molecule has 0 radical (unpaired) electrons. The number of carbonyl (C=O) groups excluding carboxylic acids is 1. The van der Waals surface area contributed by atoms with Gasteiger partial charge in [-0.05, 0) is 24.1 Å². The van der Waals surface area contributed by atoms with Gasteiger partial charge in [0.15, 0.2) is 0 Å². The summed E-state index contributed by atoms with van der Waals surface area (Å²) in [6.45, 7) is 1.97. The number of nitrogens with one attached hydrogen (secondary N) is 1. The number of aryl methyl sites for hydroxylation is 1. The van der Waals surface area contributed by atoms with Crippen molar-refractivity contribution in [1.29, 1.82) is 0 Å². The minimum absolute atomic E-state index is 0.154. The highest BCUT2D eigenvalue weighted by atomic mass is 16.2. The molecular formula is C17H18N6O. The molecule has 0 saturated carbocycles. The molecule has 0 bridgehead atoms. The molecule has 1 N–H and O–H groups in total. The molecule has 1 aliphatic heterocycles. The van der Waals surface area contributed by atoms with Gasteiger partial charge >= 0.3 is 0 Å². The molecule has 1 aliphatic rings. The lowest BCUT2D eigenvalue weighted by Gasteiger charge is -2.26. The summed E-state index contributed by atoms with van der Waals surface area (Å²) < 4.78 is 1.68. The molecule has 0 aromatic carbocycles. The van der Waals surface area contributed by atoms with E-state index in [0.717, 1.165) is 24.0 Å². The van der Waals surface area contributed by atoms with E-state index in [1.165, 1.54) is 17.5 Å². The van der Waals surface area contributed by atoms with Gasteiger partial charge in [-0.3, -0.25) is 9.48 Å². The van der Waals surface area contributed by atoms with Crippen molar-refractivity contribution in [3.05, 3.63) is 48.8 Å². The molecule has 4 heterocycles. The highest BCUT2D eigenvalue weighted by Gasteiger charge is 2.19. The Kier molecular flexibility index (Phi) is 3.82. The Labute approximate surface area is 139 Å². The van der Waals surface area contributed by atoms with E-state index in [0.29, 0.717) is 19.5 Å². The lowest BCUT2D eigenvalue weighted by molar-refractivity contribution is -0.131. The lowest BCUT2D eigenvalue weighted by Crippen LogP contribution is -2.35. The maximum Gasteiger partial charge on any atom is 0.224 e. The molecule has 4 rings (SSSR count). The van der Waals surface area contributed by atoms with Crippen molar-refractivity contribution in [2.75, 3.05) is 13.1 Å². The van der Waals surface area contributed by atoms with Crippen LogP contribution in [0.25, 0.3) is 16.6 Å². The van der Waals surface area contributed by atoms with Crippen molar-refractivity contribution >= 4 is 22.5 Å². The first-order chi connectivity index (χ1) is 11.8. The smallest absolute Gasteiger partial charge is 0.224 e. The number of aromatic nitrogens is 5. The Morgan fingerprint density at radius 1 is 1.38 bits per heavy atom. The minimum atomic E-state index is 0.154. The molecule has 0 aliphatic carbocycles. The van der Waals surface area contributed by atoms with Crippen LogP contribution in [0.15, 0.2) is 43.3 Å². The fourth-order valence-electron chi connectivity index (χ4n) is 3.08. The average molecular weight is 322 g/mol. The number of carbonyl (C=O) groups is 1. The Morgan fingerprint density at radius 2 is 2.33 bits per heavy atom. The van der Waals surface area contributed by atoms with Crippen molar-refractivity contribution < 1.29 is 4.79 Å². The number of hydrogen-bond acceptors (Lipinski definition) is 4. The van der Waals surface area contributed by atoms with Crippen LogP contribution in [0.4, 0.5) is 0 Å². The molecule has 3 aromatic heterocycles. The lowest BCUT2D eigenvalue weighted by atomic mass is 9.99. The van der Waals surface area contributed by atoms with Gasteiger partial charge in [-0.25, -0.2) is 9.97 Å². The van der Waals surface area contributed by atoms with Gasteiger partial charge in [-0.1, -0.05) is 6.08 Å². The Hall–Kier alpha value is -2.96. The van der Waals surface area contributed by atoms with Gasteiger partial charge in [0.1, 0.15) is 18.3 Å². The molecule has 1 amide bonds. The summed E-state index contributed by atoms with van der Waals surface area (Å²) in [5.41, 5.74) is 3.36. The average Bonchev–Trinajstić information content (AvgIpc) is 3.29. The Morgan fingerprint density at radius 3 is 3.12 bits per heavy atom. The molecule has 7 nitrogen and oxygen atoms in total. The largest absolute Gasteiger partial charge is 0.346 e. The molecule has 0 atom stereocenters. The van der Waals surface area contributed by atoms with Crippen LogP contribution in [0, 0.1) is 0 Å². The fraction of sp³-hybridized carbons (Fsp3) is 0.294. The summed E-state index contributed by atoms with van der Waals surface area (Å²) in [5.74, 6) is 0.154. The molecule has 0 unspecified atom stereocenters. The van der Waals surface area contributed by atoms with E-state index < -0.39 is 0 Å². The maximum absolute atomic E-state index is 12.3. The molecule has 122 valence electrons. The molecule has 7 heteroatoms. The van der Waals surface area contributed by atoms with Crippen LogP contribution >= 0.6 is 0 Å². The zero-order chi connectivity index (χ0) is 16.4. The fourth-order valence-corrected chi connectivity index (χ4v) is 3.08. The number of H-pyrrole nitrogens is 1. The van der Waals surface area contributed by atoms with Crippen molar-refractivity contribution in [3.8, 4) is 0 Å². The first kappa shape index (κ1) is 14.6. The molecule has 0 spiro atoms. The molecule has 24 heavy (non-hydrogen) atoms. The van der Waals surface area contributed by atoms with Crippen LogP contribution in [0.5, 0.6) is 0 Å². The predicted molar refractivity (Wildman–Crippen MR) is 89.9 cm³/mol. The van der Waals surface area contributed by atoms with Crippen LogP contribution in [0.2, 0.25) is 0 Å². The second kappa shape index (κ2) is 6.27. The van der Waals surface area contributed by atoms with E-state index in [4.69, 9.17) is 0 Å². The minimum Gasteiger partial charge on any atom is -0.346 e. The van der Waals surface area contributed by atoms with E-state index in [-0.39, 0.29) is 5.91 Å². The summed E-state index contributed by atoms with van der Waals surface area (Å²) >= 11 is 0. The first-order valence-electron chi connectivity index (χ1n) is 8.03. The zero-order valence-electron chi connectivity index (χ0n) is 13.2. The number of nitrogens with zero attached hydrogens (tertiary/aromatic N) is 5. The van der Waals surface area contributed by atoms with Gasteiger partial charge in [0, 0.05) is 42.9 Å². The summed E-state index contributed by atoms with van der Waals surface area (Å²) in [7, 11) is 0. The number of pyridine rings is 1. The van der Waals surface area contributed by atoms with Crippen LogP contribution in [-0.4, -0.2) is 48.6 Å². The van der Waals surface area contributed by atoms with Gasteiger partial charge < -0.3 is 9.88 Å². The Balaban J connectivity index is 1.42. The van der Waals surface area contributed by atoms with Crippen LogP contribution < -0.4 is 0 Å². The summed E-state index contributed by atoms with van der Waals surface area (Å²) in [6.07, 6.45) is 10.4. The van der Waals surface area contributed by atoms with E-state index in [1.807, 2.05) is 17.2 Å². The van der Waals surface area contributed by atoms with Crippen molar-refractivity contribution in [3.63, 3.8) is 0 Å². The number of hydrogen-bond donors (Lipinski definition) is 1. The van der Waals surface area contributed by atoms with E-state index >= 15 is 0 Å². The van der Waals surface area contributed by atoms with Crippen LogP contribution in [0.3, 0.4) is 0 Å². The van der Waals surface area contributed by atoms with E-state index in [2.05, 4.69) is 32.2 Å². The third kappa shape index (κ3) is 2.80. The first-order valence-corrected chi connectivity index (χ1v) is 8.03. The third-order valence-corrected chi connectivity index (χ3v) is 4.38. The van der Waals surface area contributed by atoms with Crippen molar-refractivity contribution in [2.45, 2.75) is 19.4 Å². The highest BCUT2D eigenvalue weighted by molar-refractivity contribution is 5.91. The second-order valence-electron chi connectivity index (χ2n) is 5.83. The topological polar surface area (TPSA) is 79.7 Å². The Bertz CT molecular complexity index is 880. The SMILES string of the molecule is O=C(CCn1cncn1)N1CC=C(c2c[nH]c3ncccc23)CC1. The number of aromatic amines is 1. The standard InChI is InChI=1S/C17H18N6O/c24-16(5-9-23-12-18-11-21-23)22-7-3-13(4-8-22)15-10-20-17-14(15)2-1-6-19-17/h1-3,6,10-12H,4-5,7-9H2,(H,19,20). The monoisotopic (exact) mass is 322 g/mol. The predicted octanol–water partition coefficient (Wildman–Crippen LogP) is 1.86. The number of fused-ring (bicyclic) bond motifs is 1. The summed E-state index contributed by atoms with van der Waals surface area (Å²) in [6, 6.07) is 4.02. The number of rotatable bonds is 4. The van der Waals surface area contributed by atoms with Crippen molar-refractivity contribution in [1.82, 2.24) is 29.6 Å². The van der Waals surface area contributed by atoms with Crippen molar-refractivity contribution in [2.24, 2.45) is 0 Å². The van der Waals surface area contributed by atoms with Gasteiger partial charge in [0.25, 0.3) is 0 Å². The van der Waals surface area contributed by atoms with Crippen LogP contribution in [-0.2, 0) is 11.3 Å². The molecule has 3 aromatic rings. The zero-order valence-corrected chi connectivity index (χ0v) is 13.2. The maximum atomic E-state index is 12.3. The molecule has 0 saturated heterocycles. The quantitative estimate of drug-likeness (QED) is 0.795. The highest BCUT2D eigenvalue weighted by Crippen LogP contribution is 2.28. The number of amides is 1. The summed E-state index contributed by atoms with van der Waals surface area (Å²) in [5, 5.41) is 5.16. The molecular weight excluding hydrogens is 304 g/mol. The summed E-state index contributed by atoms with van der Waals surface area (Å²) in [4.78, 5) is 25.6. The van der Waals surface area contributed by atoms with Gasteiger partial charge in [0.2, 0.25) is 5.91 Å². The van der Waals surface area contributed by atoms with Crippen LogP contribution in [0.1, 0.15) is 18.4 Å². The molecule has 0 fully saturated rings. The van der Waals surface area contributed by atoms with Gasteiger partial charge in [-0.15, -0.1) is 0 Å². The third-order valence-electron chi connectivity index (χ3n) is 4.38. The second-order valence-corrected chi connectivity index (χ2v) is 5.83. The normalized spacial score (nSPS) is 14.8.